The number of hydrogen-bond donors (Lipinski definition) is 1. The summed E-state index contributed by atoms with van der Waals surface area (Å²) in [6, 6.07) is 7.67. The number of anilines is 1. The number of fused-ring (bicyclic) bond motifs is 1. The van der Waals surface area contributed by atoms with E-state index in [2.05, 4.69) is 4.98 Å². The van der Waals surface area contributed by atoms with Gasteiger partial charge in [-0.05, 0) is 30.3 Å². The molecule has 0 spiro atoms. The molecule has 148 valence electrons. The number of thioether (sulfide) groups is 1. The topological polar surface area (TPSA) is 55.1 Å². The number of carbonyl (C=O) groups excluding carboxylic acids is 1. The first-order chi connectivity index (χ1) is 13.0. The normalized spacial score (nSPS) is 12.4. The number of nitrogens with one attached hydrogen (secondary N) is 1. The summed E-state index contributed by atoms with van der Waals surface area (Å²) in [5.74, 6) is -1.12. The number of halogens is 6. The molecule has 0 saturated heterocycles. The van der Waals surface area contributed by atoms with Crippen LogP contribution < -0.4 is 5.32 Å². The summed E-state index contributed by atoms with van der Waals surface area (Å²) in [6.45, 7) is 0. The molecule has 4 nitrogen and oxygen atoms in total. The smallest absolute Gasteiger partial charge is 0.416 e. The largest absolute Gasteiger partial charge is 0.431 e. The van der Waals surface area contributed by atoms with Crippen LogP contribution in [0.4, 0.5) is 32.0 Å². The molecule has 1 N–H and O–H groups in total. The molecule has 3 aromatic rings. The Labute approximate surface area is 157 Å². The number of oxazole rings is 1. The summed E-state index contributed by atoms with van der Waals surface area (Å²) in [6.07, 6.45) is -9.98. The van der Waals surface area contributed by atoms with Crippen molar-refractivity contribution in [2.45, 2.75) is 17.6 Å². The van der Waals surface area contributed by atoms with Crippen molar-refractivity contribution in [2.75, 3.05) is 11.1 Å². The van der Waals surface area contributed by atoms with Crippen LogP contribution in [0.2, 0.25) is 0 Å². The highest BCUT2D eigenvalue weighted by Gasteiger charge is 2.37. The van der Waals surface area contributed by atoms with Crippen LogP contribution in [-0.4, -0.2) is 16.6 Å². The highest BCUT2D eigenvalue weighted by atomic mass is 32.2. The standard InChI is InChI=1S/C17H10F6N2O2S/c18-16(19,20)9-5-10(17(21,22)23)7-11(6-9)24-14(26)8-28-15-25-12-3-1-2-4-13(12)27-15/h1-7H,8H2,(H,24,26). The predicted molar refractivity (Wildman–Crippen MR) is 89.8 cm³/mol. The van der Waals surface area contributed by atoms with E-state index in [1.807, 2.05) is 5.32 Å². The van der Waals surface area contributed by atoms with Crippen molar-refractivity contribution >= 4 is 34.5 Å². The van der Waals surface area contributed by atoms with Crippen LogP contribution in [0.1, 0.15) is 11.1 Å². The molecule has 1 heterocycles. The number of hydrogen-bond acceptors (Lipinski definition) is 4. The van der Waals surface area contributed by atoms with E-state index >= 15 is 0 Å². The van der Waals surface area contributed by atoms with Crippen LogP contribution in [0.3, 0.4) is 0 Å². The summed E-state index contributed by atoms with van der Waals surface area (Å²) >= 11 is 0.859. The molecule has 0 radical (unpaired) electrons. The highest BCUT2D eigenvalue weighted by Crippen LogP contribution is 2.37. The minimum atomic E-state index is -4.99. The van der Waals surface area contributed by atoms with Crippen molar-refractivity contribution in [3.05, 3.63) is 53.6 Å². The lowest BCUT2D eigenvalue weighted by atomic mass is 10.1. The van der Waals surface area contributed by atoms with Crippen LogP contribution in [0.15, 0.2) is 52.1 Å². The van der Waals surface area contributed by atoms with Gasteiger partial charge in [-0.3, -0.25) is 4.79 Å². The van der Waals surface area contributed by atoms with Gasteiger partial charge < -0.3 is 9.73 Å². The second-order valence-electron chi connectivity index (χ2n) is 5.58. The average Bonchev–Trinajstić information content (AvgIpc) is 3.01. The first kappa shape index (κ1) is 20.1. The Hall–Kier alpha value is -2.69. The Morgan fingerprint density at radius 3 is 2.18 bits per heavy atom. The van der Waals surface area contributed by atoms with Crippen molar-refractivity contribution in [2.24, 2.45) is 0 Å². The molecule has 3 rings (SSSR count). The van der Waals surface area contributed by atoms with Crippen LogP contribution in [0.5, 0.6) is 0 Å². The third-order valence-electron chi connectivity index (χ3n) is 3.47. The molecule has 0 aliphatic rings. The van der Waals surface area contributed by atoms with Crippen LogP contribution >= 0.6 is 11.8 Å². The Balaban J connectivity index is 1.73. The van der Waals surface area contributed by atoms with Gasteiger partial charge in [-0.2, -0.15) is 26.3 Å². The minimum absolute atomic E-state index is 0.0112. The molecule has 0 bridgehead atoms. The molecule has 0 unspecified atom stereocenters. The van der Waals surface area contributed by atoms with E-state index in [-0.39, 0.29) is 17.0 Å². The van der Waals surface area contributed by atoms with Gasteiger partial charge in [0, 0.05) is 5.69 Å². The summed E-state index contributed by atoms with van der Waals surface area (Å²) < 4.78 is 82.4. The first-order valence-electron chi connectivity index (χ1n) is 7.60. The van der Waals surface area contributed by atoms with Gasteiger partial charge in [0.15, 0.2) is 5.58 Å². The van der Waals surface area contributed by atoms with E-state index in [0.717, 1.165) is 11.8 Å². The van der Waals surface area contributed by atoms with Gasteiger partial charge in [0.1, 0.15) is 5.52 Å². The Morgan fingerprint density at radius 2 is 1.61 bits per heavy atom. The summed E-state index contributed by atoms with van der Waals surface area (Å²) in [5.41, 5.74) is -2.59. The zero-order valence-corrected chi connectivity index (χ0v) is 14.5. The van der Waals surface area contributed by atoms with Crippen molar-refractivity contribution in [1.29, 1.82) is 0 Å². The summed E-state index contributed by atoms with van der Waals surface area (Å²) in [7, 11) is 0. The number of carbonyl (C=O) groups is 1. The first-order valence-corrected chi connectivity index (χ1v) is 8.58. The second-order valence-corrected chi connectivity index (χ2v) is 6.51. The Morgan fingerprint density at radius 1 is 1.00 bits per heavy atom. The average molecular weight is 420 g/mol. The molecule has 2 aromatic carbocycles. The van der Waals surface area contributed by atoms with Crippen LogP contribution in [0, 0.1) is 0 Å². The van der Waals surface area contributed by atoms with E-state index in [4.69, 9.17) is 4.42 Å². The molecule has 0 aliphatic heterocycles. The summed E-state index contributed by atoms with van der Waals surface area (Å²) in [5, 5.41) is 2.19. The zero-order chi connectivity index (χ0) is 20.5. The fourth-order valence-electron chi connectivity index (χ4n) is 2.26. The maximum atomic E-state index is 12.8. The summed E-state index contributed by atoms with van der Waals surface area (Å²) in [4.78, 5) is 16.1. The molecule has 0 atom stereocenters. The number of alkyl halides is 6. The van der Waals surface area contributed by atoms with Crippen LogP contribution in [0.25, 0.3) is 11.1 Å². The van der Waals surface area contributed by atoms with Crippen molar-refractivity contribution < 1.29 is 35.6 Å². The van der Waals surface area contributed by atoms with Gasteiger partial charge in [-0.1, -0.05) is 23.9 Å². The Kier molecular flexibility index (Phi) is 5.28. The third kappa shape index (κ3) is 4.77. The van der Waals surface area contributed by atoms with Crippen LogP contribution in [-0.2, 0) is 17.1 Å². The number of benzene rings is 2. The van der Waals surface area contributed by atoms with Gasteiger partial charge in [0.2, 0.25) is 5.91 Å². The maximum absolute atomic E-state index is 12.8. The number of nitrogens with zero attached hydrogens (tertiary/aromatic N) is 1. The predicted octanol–water partition coefficient (Wildman–Crippen LogP) is 5.60. The highest BCUT2D eigenvalue weighted by molar-refractivity contribution is 7.99. The van der Waals surface area contributed by atoms with E-state index in [1.54, 1.807) is 24.3 Å². The van der Waals surface area contributed by atoms with E-state index in [0.29, 0.717) is 23.2 Å². The van der Waals surface area contributed by atoms with E-state index in [1.165, 1.54) is 0 Å². The lowest BCUT2D eigenvalue weighted by molar-refractivity contribution is -0.143. The molecule has 11 heteroatoms. The molecule has 1 aromatic heterocycles. The molecule has 0 aliphatic carbocycles. The zero-order valence-electron chi connectivity index (χ0n) is 13.7. The van der Waals surface area contributed by atoms with Gasteiger partial charge in [0.05, 0.1) is 16.9 Å². The van der Waals surface area contributed by atoms with E-state index in [9.17, 15) is 31.1 Å². The number of para-hydroxylation sites is 2. The quantitative estimate of drug-likeness (QED) is 0.441. The number of amides is 1. The van der Waals surface area contributed by atoms with Crippen molar-refractivity contribution in [3.8, 4) is 0 Å². The second kappa shape index (κ2) is 7.38. The van der Waals surface area contributed by atoms with Gasteiger partial charge >= 0.3 is 12.4 Å². The molecule has 0 fully saturated rings. The monoisotopic (exact) mass is 420 g/mol. The molecule has 0 saturated carbocycles. The van der Waals surface area contributed by atoms with Crippen molar-refractivity contribution in [1.82, 2.24) is 4.98 Å². The van der Waals surface area contributed by atoms with Gasteiger partial charge in [0.25, 0.3) is 5.22 Å². The third-order valence-corrected chi connectivity index (χ3v) is 4.30. The fraction of sp³-hybridized carbons (Fsp3) is 0.176. The number of rotatable bonds is 4. The fourth-order valence-corrected chi connectivity index (χ4v) is 2.90. The molecule has 1 amide bonds. The van der Waals surface area contributed by atoms with E-state index < -0.39 is 35.1 Å². The number of aromatic nitrogens is 1. The van der Waals surface area contributed by atoms with Gasteiger partial charge in [-0.25, -0.2) is 4.98 Å². The maximum Gasteiger partial charge on any atom is 0.416 e. The minimum Gasteiger partial charge on any atom is -0.431 e. The molecular weight excluding hydrogens is 410 g/mol. The SMILES string of the molecule is O=C(CSc1nc2ccccc2o1)Nc1cc(C(F)(F)F)cc(C(F)(F)F)c1. The lowest BCUT2D eigenvalue weighted by Gasteiger charge is -2.14. The molecule has 28 heavy (non-hydrogen) atoms. The van der Waals surface area contributed by atoms with Crippen molar-refractivity contribution in [3.63, 3.8) is 0 Å². The lowest BCUT2D eigenvalue weighted by Crippen LogP contribution is -2.17. The molecular formula is C17H10F6N2O2S. The van der Waals surface area contributed by atoms with Gasteiger partial charge in [-0.15, -0.1) is 0 Å². The Bertz CT molecular complexity index is 948.